The molecule has 2 heteroatoms. The molecule has 1 aromatic rings. The van der Waals surface area contributed by atoms with Crippen LogP contribution < -0.4 is 0 Å². The molecule has 2 nitrogen and oxygen atoms in total. The lowest BCUT2D eigenvalue weighted by atomic mass is 10.0. The van der Waals surface area contributed by atoms with Gasteiger partial charge >= 0.3 is 0 Å². The van der Waals surface area contributed by atoms with Crippen molar-refractivity contribution in [2.75, 3.05) is 19.7 Å². The largest absolute Gasteiger partial charge is 0.395 e. The van der Waals surface area contributed by atoms with Crippen LogP contribution in [0.2, 0.25) is 0 Å². The number of rotatable bonds is 7. The van der Waals surface area contributed by atoms with E-state index in [9.17, 15) is 0 Å². The lowest BCUT2D eigenvalue weighted by molar-refractivity contribution is 0.190. The molecular formula is C15H25NO. The van der Waals surface area contributed by atoms with E-state index >= 15 is 0 Å². The fourth-order valence-corrected chi connectivity index (χ4v) is 1.99. The van der Waals surface area contributed by atoms with Crippen molar-refractivity contribution in [2.24, 2.45) is 0 Å². The second-order valence-electron chi connectivity index (χ2n) is 4.90. The highest BCUT2D eigenvalue weighted by Crippen LogP contribution is 2.15. The van der Waals surface area contributed by atoms with Crippen LogP contribution >= 0.6 is 0 Å². The summed E-state index contributed by atoms with van der Waals surface area (Å²) in [6, 6.07) is 8.83. The molecule has 96 valence electrons. The van der Waals surface area contributed by atoms with Crippen LogP contribution in [0, 0.1) is 0 Å². The maximum absolute atomic E-state index is 9.02. The smallest absolute Gasteiger partial charge is 0.0558 e. The molecule has 1 aromatic carbocycles. The molecule has 17 heavy (non-hydrogen) atoms. The van der Waals surface area contributed by atoms with Crippen molar-refractivity contribution in [3.05, 3.63) is 35.4 Å². The minimum Gasteiger partial charge on any atom is -0.395 e. The van der Waals surface area contributed by atoms with Gasteiger partial charge < -0.3 is 5.11 Å². The van der Waals surface area contributed by atoms with Gasteiger partial charge in [0.1, 0.15) is 0 Å². The number of hydrogen-bond acceptors (Lipinski definition) is 2. The number of benzene rings is 1. The molecule has 0 bridgehead atoms. The number of aliphatic hydroxyl groups is 1. The standard InChI is InChI=1S/C15H25NO/c1-4-9-16(10-11-17)12-14-5-7-15(8-6-14)13(2)3/h5-8,13,17H,4,9-12H2,1-3H3. The van der Waals surface area contributed by atoms with E-state index in [4.69, 9.17) is 5.11 Å². The highest BCUT2D eigenvalue weighted by atomic mass is 16.3. The summed E-state index contributed by atoms with van der Waals surface area (Å²) in [7, 11) is 0. The average molecular weight is 235 g/mol. The van der Waals surface area contributed by atoms with Crippen LogP contribution in [0.1, 0.15) is 44.2 Å². The van der Waals surface area contributed by atoms with Gasteiger partial charge in [0.25, 0.3) is 0 Å². The van der Waals surface area contributed by atoms with E-state index in [1.54, 1.807) is 0 Å². The van der Waals surface area contributed by atoms with Crippen molar-refractivity contribution in [1.82, 2.24) is 4.90 Å². The van der Waals surface area contributed by atoms with Crippen molar-refractivity contribution < 1.29 is 5.11 Å². The maximum Gasteiger partial charge on any atom is 0.0558 e. The van der Waals surface area contributed by atoms with Crippen LogP contribution in [-0.4, -0.2) is 29.7 Å². The van der Waals surface area contributed by atoms with Crippen LogP contribution in [0.5, 0.6) is 0 Å². The van der Waals surface area contributed by atoms with E-state index in [1.165, 1.54) is 11.1 Å². The predicted molar refractivity (Wildman–Crippen MR) is 73.2 cm³/mol. The van der Waals surface area contributed by atoms with Crippen molar-refractivity contribution in [1.29, 1.82) is 0 Å². The molecule has 0 aliphatic rings. The molecule has 0 saturated heterocycles. The lowest BCUT2D eigenvalue weighted by Crippen LogP contribution is -2.27. The van der Waals surface area contributed by atoms with Crippen LogP contribution in [0.15, 0.2) is 24.3 Å². The Morgan fingerprint density at radius 2 is 1.76 bits per heavy atom. The van der Waals surface area contributed by atoms with Crippen LogP contribution in [-0.2, 0) is 6.54 Å². The highest BCUT2D eigenvalue weighted by molar-refractivity contribution is 5.24. The average Bonchev–Trinajstić information content (AvgIpc) is 2.30. The first kappa shape index (κ1) is 14.2. The summed E-state index contributed by atoms with van der Waals surface area (Å²) in [5.41, 5.74) is 2.72. The quantitative estimate of drug-likeness (QED) is 0.785. The zero-order valence-electron chi connectivity index (χ0n) is 11.3. The Bertz CT molecular complexity index is 299. The zero-order chi connectivity index (χ0) is 12.7. The molecule has 1 rings (SSSR count). The van der Waals surface area contributed by atoms with Crippen LogP contribution in [0.25, 0.3) is 0 Å². The van der Waals surface area contributed by atoms with E-state index in [0.717, 1.165) is 26.1 Å². The Morgan fingerprint density at radius 3 is 2.24 bits per heavy atom. The Balaban J connectivity index is 2.59. The van der Waals surface area contributed by atoms with E-state index in [0.29, 0.717) is 5.92 Å². The third-order valence-corrected chi connectivity index (χ3v) is 3.01. The molecule has 1 N–H and O–H groups in total. The highest BCUT2D eigenvalue weighted by Gasteiger charge is 2.05. The predicted octanol–water partition coefficient (Wildman–Crippen LogP) is 3.01. The molecule has 0 aliphatic carbocycles. The van der Waals surface area contributed by atoms with Gasteiger partial charge in [0.05, 0.1) is 6.61 Å². The van der Waals surface area contributed by atoms with E-state index in [2.05, 4.69) is 49.9 Å². The molecule has 0 atom stereocenters. The van der Waals surface area contributed by atoms with E-state index in [1.807, 2.05) is 0 Å². The fourth-order valence-electron chi connectivity index (χ4n) is 1.99. The van der Waals surface area contributed by atoms with Gasteiger partial charge in [0.2, 0.25) is 0 Å². The molecule has 0 spiro atoms. The van der Waals surface area contributed by atoms with Crippen molar-refractivity contribution >= 4 is 0 Å². The van der Waals surface area contributed by atoms with Crippen molar-refractivity contribution in [2.45, 2.75) is 39.7 Å². The molecule has 0 fully saturated rings. The van der Waals surface area contributed by atoms with Gasteiger partial charge in [0, 0.05) is 13.1 Å². The van der Waals surface area contributed by atoms with Gasteiger partial charge in [0.15, 0.2) is 0 Å². The molecule has 0 amide bonds. The summed E-state index contributed by atoms with van der Waals surface area (Å²) in [6.45, 7) is 9.59. The van der Waals surface area contributed by atoms with Crippen LogP contribution in [0.3, 0.4) is 0 Å². The summed E-state index contributed by atoms with van der Waals surface area (Å²) in [6.07, 6.45) is 1.13. The molecule has 0 saturated carbocycles. The van der Waals surface area contributed by atoms with Gasteiger partial charge in [-0.05, 0) is 30.0 Å². The lowest BCUT2D eigenvalue weighted by Gasteiger charge is -2.20. The molecule has 0 radical (unpaired) electrons. The number of hydrogen-bond donors (Lipinski definition) is 1. The third kappa shape index (κ3) is 4.88. The molecule has 0 unspecified atom stereocenters. The first-order valence-electron chi connectivity index (χ1n) is 6.59. The van der Waals surface area contributed by atoms with Crippen LogP contribution in [0.4, 0.5) is 0 Å². The molecular weight excluding hydrogens is 210 g/mol. The monoisotopic (exact) mass is 235 g/mol. The summed E-state index contributed by atoms with van der Waals surface area (Å²) in [5, 5.41) is 9.02. The SMILES string of the molecule is CCCN(CCO)Cc1ccc(C(C)C)cc1. The van der Waals surface area contributed by atoms with Gasteiger partial charge in [-0.3, -0.25) is 4.90 Å². The van der Waals surface area contributed by atoms with Gasteiger partial charge in [-0.15, -0.1) is 0 Å². The topological polar surface area (TPSA) is 23.5 Å². The molecule has 0 heterocycles. The number of aliphatic hydroxyl groups excluding tert-OH is 1. The normalized spacial score (nSPS) is 11.4. The summed E-state index contributed by atoms with van der Waals surface area (Å²) in [5.74, 6) is 0.591. The third-order valence-electron chi connectivity index (χ3n) is 3.01. The molecule has 0 aliphatic heterocycles. The maximum atomic E-state index is 9.02. The molecule has 0 aromatic heterocycles. The number of nitrogens with zero attached hydrogens (tertiary/aromatic N) is 1. The summed E-state index contributed by atoms with van der Waals surface area (Å²) < 4.78 is 0. The van der Waals surface area contributed by atoms with Crippen molar-refractivity contribution in [3.63, 3.8) is 0 Å². The van der Waals surface area contributed by atoms with Gasteiger partial charge in [-0.1, -0.05) is 45.0 Å². The second-order valence-corrected chi connectivity index (χ2v) is 4.90. The Morgan fingerprint density at radius 1 is 1.12 bits per heavy atom. The Kier molecular flexibility index (Phi) is 6.23. The summed E-state index contributed by atoms with van der Waals surface area (Å²) >= 11 is 0. The minimum absolute atomic E-state index is 0.240. The van der Waals surface area contributed by atoms with E-state index < -0.39 is 0 Å². The van der Waals surface area contributed by atoms with Gasteiger partial charge in [-0.2, -0.15) is 0 Å². The fraction of sp³-hybridized carbons (Fsp3) is 0.600. The second kappa shape index (κ2) is 7.46. The van der Waals surface area contributed by atoms with E-state index in [-0.39, 0.29) is 6.61 Å². The summed E-state index contributed by atoms with van der Waals surface area (Å²) in [4.78, 5) is 2.30. The zero-order valence-corrected chi connectivity index (χ0v) is 11.3. The first-order chi connectivity index (χ1) is 8.17. The Hall–Kier alpha value is -0.860. The first-order valence-corrected chi connectivity index (χ1v) is 6.59. The minimum atomic E-state index is 0.240. The van der Waals surface area contributed by atoms with Gasteiger partial charge in [-0.25, -0.2) is 0 Å². The Labute approximate surface area is 105 Å². The van der Waals surface area contributed by atoms with Crippen molar-refractivity contribution in [3.8, 4) is 0 Å².